The molecule has 4 heteroatoms. The van der Waals surface area contributed by atoms with Crippen LogP contribution in [0.4, 0.5) is 0 Å². The first-order valence-corrected chi connectivity index (χ1v) is 6.45. The Morgan fingerprint density at radius 2 is 2.22 bits per heavy atom. The van der Waals surface area contributed by atoms with Crippen LogP contribution in [0.25, 0.3) is 0 Å². The molecule has 0 aromatic carbocycles. The Morgan fingerprint density at radius 3 is 2.83 bits per heavy atom. The van der Waals surface area contributed by atoms with Gasteiger partial charge in [0.25, 0.3) is 0 Å². The Balaban J connectivity index is 2.06. The number of nitrogens with one attached hydrogen (secondary N) is 2. The van der Waals surface area contributed by atoms with Crippen molar-refractivity contribution >= 4 is 5.96 Å². The summed E-state index contributed by atoms with van der Waals surface area (Å²) in [4.78, 5) is 8.62. The smallest absolute Gasteiger partial charge is 0.191 e. The van der Waals surface area contributed by atoms with E-state index in [1.54, 1.807) is 0 Å². The van der Waals surface area contributed by atoms with Crippen LogP contribution in [0.3, 0.4) is 0 Å². The molecular weight excluding hydrogens is 224 g/mol. The summed E-state index contributed by atoms with van der Waals surface area (Å²) in [5.74, 6) is 0.895. The number of hydrogen-bond acceptors (Lipinski definition) is 4. The summed E-state index contributed by atoms with van der Waals surface area (Å²) in [5.41, 5.74) is 2.70. The molecule has 18 heavy (non-hydrogen) atoms. The van der Waals surface area contributed by atoms with Crippen molar-refractivity contribution in [2.45, 2.75) is 45.7 Å². The number of aromatic nitrogens is 1. The van der Waals surface area contributed by atoms with Gasteiger partial charge in [0, 0.05) is 25.0 Å². The van der Waals surface area contributed by atoms with Crippen molar-refractivity contribution < 1.29 is 0 Å². The zero-order valence-electron chi connectivity index (χ0n) is 11.6. The van der Waals surface area contributed by atoms with Gasteiger partial charge in [0.05, 0.1) is 6.54 Å². The van der Waals surface area contributed by atoms with Gasteiger partial charge < -0.3 is 10.6 Å². The highest BCUT2D eigenvalue weighted by molar-refractivity contribution is 5.81. The van der Waals surface area contributed by atoms with Gasteiger partial charge >= 0.3 is 0 Å². The third kappa shape index (κ3) is 3.00. The molecule has 2 rings (SSSR count). The molecule has 0 bridgehead atoms. The molecule has 2 N–H and O–H groups in total. The van der Waals surface area contributed by atoms with Crippen molar-refractivity contribution in [2.75, 3.05) is 6.54 Å². The average molecular weight is 246 g/mol. The Labute approximate surface area is 109 Å². The predicted octanol–water partition coefficient (Wildman–Crippen LogP) is 1.82. The van der Waals surface area contributed by atoms with E-state index in [9.17, 15) is 0 Å². The minimum Gasteiger partial charge on any atom is -0.352 e. The van der Waals surface area contributed by atoms with E-state index in [4.69, 9.17) is 0 Å². The molecule has 0 saturated carbocycles. The van der Waals surface area contributed by atoms with Crippen LogP contribution in [0.2, 0.25) is 0 Å². The van der Waals surface area contributed by atoms with E-state index in [0.717, 1.165) is 19.0 Å². The van der Waals surface area contributed by atoms with Crippen molar-refractivity contribution in [1.82, 2.24) is 15.6 Å². The van der Waals surface area contributed by atoms with Gasteiger partial charge in [-0.15, -0.1) is 0 Å². The normalized spacial score (nSPS) is 19.3. The minimum absolute atomic E-state index is 0.137. The lowest BCUT2D eigenvalue weighted by Crippen LogP contribution is -2.37. The molecule has 1 aliphatic heterocycles. The maximum atomic E-state index is 4.40. The molecule has 2 heterocycles. The van der Waals surface area contributed by atoms with Crippen LogP contribution < -0.4 is 10.6 Å². The van der Waals surface area contributed by atoms with Crippen molar-refractivity contribution in [3.63, 3.8) is 0 Å². The zero-order chi connectivity index (χ0) is 13.2. The molecular formula is C14H22N4. The van der Waals surface area contributed by atoms with Gasteiger partial charge in [-0.3, -0.25) is 9.98 Å². The van der Waals surface area contributed by atoms with Crippen LogP contribution in [0.15, 0.2) is 23.5 Å². The van der Waals surface area contributed by atoms with Gasteiger partial charge in [0.1, 0.15) is 0 Å². The van der Waals surface area contributed by atoms with Crippen LogP contribution in [0.5, 0.6) is 0 Å². The lowest BCUT2D eigenvalue weighted by molar-refractivity contribution is 0.578. The average Bonchev–Trinajstić information content (AvgIpc) is 2.72. The number of nitrogens with zero attached hydrogens (tertiary/aromatic N) is 2. The summed E-state index contributed by atoms with van der Waals surface area (Å²) < 4.78 is 0. The van der Waals surface area contributed by atoms with Gasteiger partial charge in [-0.1, -0.05) is 20.8 Å². The lowest BCUT2D eigenvalue weighted by Gasteiger charge is -2.22. The highest BCUT2D eigenvalue weighted by Gasteiger charge is 2.18. The third-order valence-corrected chi connectivity index (χ3v) is 3.06. The monoisotopic (exact) mass is 246 g/mol. The van der Waals surface area contributed by atoms with Crippen LogP contribution in [-0.4, -0.2) is 23.5 Å². The fraction of sp³-hybridized carbons (Fsp3) is 0.571. The summed E-state index contributed by atoms with van der Waals surface area (Å²) in [7, 11) is 0. The largest absolute Gasteiger partial charge is 0.352 e. The first-order chi connectivity index (χ1) is 8.47. The summed E-state index contributed by atoms with van der Waals surface area (Å²) in [6, 6.07) is 2.53. The van der Waals surface area contributed by atoms with Crippen molar-refractivity contribution in [3.05, 3.63) is 29.6 Å². The van der Waals surface area contributed by atoms with Crippen LogP contribution >= 0.6 is 0 Å². The number of hydrogen-bond donors (Lipinski definition) is 2. The van der Waals surface area contributed by atoms with E-state index >= 15 is 0 Å². The molecule has 98 valence electrons. The van der Waals surface area contributed by atoms with Crippen LogP contribution in [-0.2, 0) is 12.0 Å². The van der Waals surface area contributed by atoms with E-state index in [0.29, 0.717) is 6.04 Å². The number of rotatable bonds is 2. The van der Waals surface area contributed by atoms with Crippen molar-refractivity contribution in [2.24, 2.45) is 4.99 Å². The summed E-state index contributed by atoms with van der Waals surface area (Å²) in [5, 5.41) is 6.64. The van der Waals surface area contributed by atoms with E-state index < -0.39 is 0 Å². The van der Waals surface area contributed by atoms with Gasteiger partial charge in [0.2, 0.25) is 0 Å². The molecule has 0 spiro atoms. The second kappa shape index (κ2) is 4.96. The molecule has 0 saturated heterocycles. The summed E-state index contributed by atoms with van der Waals surface area (Å²) >= 11 is 0. The Kier molecular flexibility index (Phi) is 3.55. The molecule has 1 atom stereocenters. The van der Waals surface area contributed by atoms with Gasteiger partial charge in [0.15, 0.2) is 5.96 Å². The summed E-state index contributed by atoms with van der Waals surface area (Å²) in [6.45, 7) is 10.4. The minimum atomic E-state index is 0.137. The standard InChI is InChI=1S/C14H22N4/c1-10-7-16-13(18-10)17-9-11-8-15-6-5-12(11)14(2,3)4/h5-6,8,10H,7,9H2,1-4H3,(H2,16,17,18). The Hall–Kier alpha value is -1.58. The maximum absolute atomic E-state index is 4.40. The first-order valence-electron chi connectivity index (χ1n) is 6.45. The Morgan fingerprint density at radius 1 is 1.44 bits per heavy atom. The van der Waals surface area contributed by atoms with E-state index in [-0.39, 0.29) is 5.41 Å². The molecule has 1 aliphatic rings. The van der Waals surface area contributed by atoms with E-state index in [1.165, 1.54) is 11.1 Å². The Bertz CT molecular complexity index is 445. The number of pyridine rings is 1. The second-order valence-corrected chi connectivity index (χ2v) is 5.87. The zero-order valence-corrected chi connectivity index (χ0v) is 11.6. The van der Waals surface area contributed by atoms with Crippen LogP contribution in [0, 0.1) is 0 Å². The number of guanidine groups is 1. The fourth-order valence-electron chi connectivity index (χ4n) is 2.14. The molecule has 0 amide bonds. The molecule has 0 aliphatic carbocycles. The molecule has 4 nitrogen and oxygen atoms in total. The predicted molar refractivity (Wildman–Crippen MR) is 74.7 cm³/mol. The van der Waals surface area contributed by atoms with Crippen molar-refractivity contribution in [1.29, 1.82) is 0 Å². The van der Waals surface area contributed by atoms with Gasteiger partial charge in [-0.2, -0.15) is 0 Å². The van der Waals surface area contributed by atoms with Gasteiger partial charge in [-0.25, -0.2) is 0 Å². The lowest BCUT2D eigenvalue weighted by atomic mass is 9.85. The molecule has 0 fully saturated rings. The fourth-order valence-corrected chi connectivity index (χ4v) is 2.14. The first kappa shape index (κ1) is 12.9. The van der Waals surface area contributed by atoms with Gasteiger partial charge in [-0.05, 0) is 29.5 Å². The van der Waals surface area contributed by atoms with Crippen LogP contribution in [0.1, 0.15) is 38.8 Å². The topological polar surface area (TPSA) is 49.3 Å². The van der Waals surface area contributed by atoms with E-state index in [2.05, 4.69) is 54.4 Å². The third-order valence-electron chi connectivity index (χ3n) is 3.06. The quantitative estimate of drug-likeness (QED) is 0.837. The molecule has 0 radical (unpaired) electrons. The highest BCUT2D eigenvalue weighted by atomic mass is 15.2. The van der Waals surface area contributed by atoms with Crippen molar-refractivity contribution in [3.8, 4) is 0 Å². The van der Waals surface area contributed by atoms with E-state index in [1.807, 2.05) is 12.4 Å². The summed E-state index contributed by atoms with van der Waals surface area (Å²) in [6.07, 6.45) is 3.80. The SMILES string of the molecule is CC1CN=C(NCc2cnccc2C(C)(C)C)N1. The molecule has 1 unspecified atom stereocenters. The molecule has 1 aromatic rings. The second-order valence-electron chi connectivity index (χ2n) is 5.87. The molecule has 1 aromatic heterocycles. The highest BCUT2D eigenvalue weighted by Crippen LogP contribution is 2.24. The number of aliphatic imine (C=N–C) groups is 1. The maximum Gasteiger partial charge on any atom is 0.191 e.